The van der Waals surface area contributed by atoms with E-state index in [2.05, 4.69) is 28.5 Å². The van der Waals surface area contributed by atoms with E-state index in [1.54, 1.807) is 0 Å². The zero-order valence-corrected chi connectivity index (χ0v) is 22.0. The second-order valence-electron chi connectivity index (χ2n) is 0.458. The van der Waals surface area contributed by atoms with Gasteiger partial charge in [0.05, 0.1) is 0 Å². The van der Waals surface area contributed by atoms with E-state index in [1.807, 2.05) is 29.6 Å². The molecule has 0 N–H and O–H groups in total. The molecule has 0 aliphatic rings. The van der Waals surface area contributed by atoms with Gasteiger partial charge in [-0.2, -0.15) is 0 Å². The molecular formula is H6As8Mn. The number of hydrogen-bond acceptors (Lipinski definition) is 0. The molecule has 0 heterocycles. The van der Waals surface area contributed by atoms with Gasteiger partial charge in [-0.3, -0.25) is 0 Å². The summed E-state index contributed by atoms with van der Waals surface area (Å²) >= 11 is 12.2. The Morgan fingerprint density at radius 2 is 1.11 bits per heavy atom. The van der Waals surface area contributed by atoms with E-state index in [1.165, 1.54) is 0 Å². The van der Waals surface area contributed by atoms with Crippen molar-refractivity contribution in [2.24, 2.45) is 0 Å². The SMILES string of the molecule is [As-]=[As][AsH][AsH2].[As-]=[As][AsH][AsH2].[Mn+2]. The fourth-order valence-electron chi connectivity index (χ4n) is 0. The van der Waals surface area contributed by atoms with Crippen LogP contribution in [0, 0.1) is 0 Å². The smallest absolute Gasteiger partial charge is 2.00 e. The molecule has 1 radical (unpaired) electrons. The molecule has 0 aromatic heterocycles. The van der Waals surface area contributed by atoms with Gasteiger partial charge >= 0.3 is 121 Å². The van der Waals surface area contributed by atoms with Gasteiger partial charge in [-0.1, -0.05) is 0 Å². The van der Waals surface area contributed by atoms with Gasteiger partial charge in [0.25, 0.3) is 0 Å². The summed E-state index contributed by atoms with van der Waals surface area (Å²) < 4.78 is 0. The zero-order chi connectivity index (χ0) is 6.83. The van der Waals surface area contributed by atoms with E-state index in [0.717, 1.165) is 22.1 Å². The van der Waals surface area contributed by atoms with Crippen LogP contribution in [-0.4, -0.2) is 103 Å². The predicted octanol–water partition coefficient (Wildman–Crippen LogP) is -4.66. The molecule has 9 heteroatoms. The quantitative estimate of drug-likeness (QED) is 0.262. The minimum absolute atomic E-state index is 0. The van der Waals surface area contributed by atoms with E-state index >= 15 is 0 Å². The van der Waals surface area contributed by atoms with Gasteiger partial charge in [0, 0.05) is 0 Å². The Bertz CT molecular complexity index is 40.5. The van der Waals surface area contributed by atoms with Crippen molar-refractivity contribution in [3.8, 4) is 0 Å². The molecule has 53 valence electrons. The Hall–Kier alpha value is 4.99. The molecule has 0 saturated carbocycles. The average molecular weight is 660 g/mol. The molecule has 4 unspecified atom stereocenters. The van der Waals surface area contributed by atoms with Crippen molar-refractivity contribution in [1.82, 2.24) is 0 Å². The van der Waals surface area contributed by atoms with Gasteiger partial charge in [-0.25, -0.2) is 0 Å². The molecule has 0 saturated heterocycles. The molecule has 0 aliphatic heterocycles. The first-order valence-electron chi connectivity index (χ1n) is 1.42. The normalized spacial score (nSPS) is 10.0. The maximum atomic E-state index is 2.70. The summed E-state index contributed by atoms with van der Waals surface area (Å²) in [5.41, 5.74) is 0. The van der Waals surface area contributed by atoms with Crippen molar-refractivity contribution >= 4 is 103 Å². The first-order valence-corrected chi connectivity index (χ1v) is 38.5. The van der Waals surface area contributed by atoms with Crippen molar-refractivity contribution in [3.05, 3.63) is 0 Å². The molecule has 0 fully saturated rings. The molecule has 0 amide bonds. The van der Waals surface area contributed by atoms with E-state index in [0.29, 0.717) is 23.2 Å². The van der Waals surface area contributed by atoms with E-state index in [4.69, 9.17) is 0 Å². The minimum atomic E-state index is 0. The summed E-state index contributed by atoms with van der Waals surface area (Å²) in [5, 5.41) is 0. The van der Waals surface area contributed by atoms with Crippen LogP contribution < -0.4 is 0 Å². The molecule has 0 aliphatic carbocycles. The second kappa shape index (κ2) is 23.1. The van der Waals surface area contributed by atoms with Crippen LogP contribution in [0.25, 0.3) is 0 Å². The Morgan fingerprint density at radius 1 is 1.00 bits per heavy atom. The molecule has 0 aromatic rings. The number of hydrogen-bond donors (Lipinski definition) is 0. The number of rotatable bonds is 2. The summed E-state index contributed by atoms with van der Waals surface area (Å²) in [6.07, 6.45) is 0. The summed E-state index contributed by atoms with van der Waals surface area (Å²) in [4.78, 5) is 0. The van der Waals surface area contributed by atoms with Crippen LogP contribution in [0.5, 0.6) is 0 Å². The molecular weight excluding hydrogens is 654 g/mol. The van der Waals surface area contributed by atoms with Crippen molar-refractivity contribution < 1.29 is 17.1 Å². The van der Waals surface area contributed by atoms with Crippen LogP contribution in [0.4, 0.5) is 0 Å². The molecule has 0 spiro atoms. The summed E-state index contributed by atoms with van der Waals surface area (Å²) in [6.45, 7) is 0. The second-order valence-corrected chi connectivity index (χ2v) is 64.3. The Morgan fingerprint density at radius 3 is 1.11 bits per heavy atom. The van der Waals surface area contributed by atoms with Gasteiger partial charge in [-0.15, -0.1) is 0 Å². The van der Waals surface area contributed by atoms with Gasteiger partial charge in [0.15, 0.2) is 0 Å². The van der Waals surface area contributed by atoms with E-state index < -0.39 is 0 Å². The van der Waals surface area contributed by atoms with Crippen LogP contribution >= 0.6 is 0 Å². The Labute approximate surface area is 117 Å². The van der Waals surface area contributed by atoms with Gasteiger partial charge < -0.3 is 0 Å². The summed E-state index contributed by atoms with van der Waals surface area (Å²) in [6, 6.07) is 0. The molecule has 9 heavy (non-hydrogen) atoms. The molecule has 4 atom stereocenters. The maximum Gasteiger partial charge on any atom is 2.00 e. The minimum Gasteiger partial charge on any atom is 2.00 e. The van der Waals surface area contributed by atoms with Crippen molar-refractivity contribution in [2.45, 2.75) is 0 Å². The molecule has 0 bridgehead atoms. The standard InChI is InChI=1S/2As4H3.Mn/c2*1-3-4-2;/h2*3H,1H2;/q2*-1;+2. The van der Waals surface area contributed by atoms with Crippen molar-refractivity contribution in [3.63, 3.8) is 0 Å². The monoisotopic (exact) mass is 660 g/mol. The predicted molar refractivity (Wildman–Crippen MR) is 54.4 cm³/mol. The Kier molecular flexibility index (Phi) is 50.2. The van der Waals surface area contributed by atoms with Crippen molar-refractivity contribution in [1.29, 1.82) is 0 Å². The summed E-state index contributed by atoms with van der Waals surface area (Å²) in [5.74, 6) is 0. The third-order valence-electron chi connectivity index (χ3n) is 0.115. The van der Waals surface area contributed by atoms with Crippen LogP contribution in [-0.2, 0) is 17.1 Å². The third-order valence-corrected chi connectivity index (χ3v) is 84.2. The largest absolute Gasteiger partial charge is 2.00 e. The topological polar surface area (TPSA) is 0 Å². The van der Waals surface area contributed by atoms with Gasteiger partial charge in [-0.05, 0) is 0 Å². The van der Waals surface area contributed by atoms with Gasteiger partial charge in [0.1, 0.15) is 0 Å². The molecule has 0 aromatic carbocycles. The fraction of sp³-hybridized carbons (Fsp3) is 0. The third kappa shape index (κ3) is 32.1. The Balaban J connectivity index is -0.0000000720. The van der Waals surface area contributed by atoms with Crippen LogP contribution in [0.3, 0.4) is 0 Å². The van der Waals surface area contributed by atoms with E-state index in [-0.39, 0.29) is 17.1 Å². The van der Waals surface area contributed by atoms with Gasteiger partial charge in [0.2, 0.25) is 0 Å². The van der Waals surface area contributed by atoms with Crippen LogP contribution in [0.15, 0.2) is 0 Å². The van der Waals surface area contributed by atoms with Crippen LogP contribution in [0.2, 0.25) is 0 Å². The fourth-order valence-corrected chi connectivity index (χ4v) is 0. The first kappa shape index (κ1) is 19.5. The van der Waals surface area contributed by atoms with E-state index in [9.17, 15) is 0 Å². The zero-order valence-electron chi connectivity index (χ0n) is 4.32. The van der Waals surface area contributed by atoms with Crippen molar-refractivity contribution in [2.75, 3.05) is 0 Å². The first-order chi connectivity index (χ1) is 3.83. The maximum absolute atomic E-state index is 2.70. The average Bonchev–Trinajstić information content (AvgIpc) is 1.88. The molecule has 0 rings (SSSR count). The van der Waals surface area contributed by atoms with Crippen LogP contribution in [0.1, 0.15) is 0 Å². The summed E-state index contributed by atoms with van der Waals surface area (Å²) in [7, 11) is 0. The molecule has 0 nitrogen and oxygen atoms in total.